The van der Waals surface area contributed by atoms with E-state index < -0.39 is 5.97 Å². The largest absolute Gasteiger partial charge is 0.478 e. The first kappa shape index (κ1) is 14.1. The third kappa shape index (κ3) is 2.98. The van der Waals surface area contributed by atoms with Gasteiger partial charge in [-0.15, -0.1) is 0 Å². The van der Waals surface area contributed by atoms with Crippen molar-refractivity contribution in [3.05, 3.63) is 57.6 Å². The molecule has 0 aliphatic rings. The number of carboxylic acid groups (broad SMARTS) is 1. The first-order valence-corrected chi connectivity index (χ1v) is 6.52. The van der Waals surface area contributed by atoms with E-state index >= 15 is 0 Å². The minimum Gasteiger partial charge on any atom is -0.478 e. The number of benzene rings is 2. The Morgan fingerprint density at radius 1 is 1.25 bits per heavy atom. The van der Waals surface area contributed by atoms with Gasteiger partial charge in [-0.25, -0.2) is 4.79 Å². The summed E-state index contributed by atoms with van der Waals surface area (Å²) in [5.41, 5.74) is 1.33. The molecule has 0 heterocycles. The van der Waals surface area contributed by atoms with Gasteiger partial charge in [0.25, 0.3) is 0 Å². The van der Waals surface area contributed by atoms with Crippen molar-refractivity contribution in [1.29, 1.82) is 5.26 Å². The summed E-state index contributed by atoms with van der Waals surface area (Å²) in [6.07, 6.45) is 0. The van der Waals surface area contributed by atoms with E-state index in [9.17, 15) is 4.79 Å². The standard InChI is InChI=1S/C15H10BrNO3/c1-9-2-5-13(10(6-9)8-17)20-14-7-11(16)3-4-12(14)15(18)19/h2-7H,1H3,(H,18,19). The van der Waals surface area contributed by atoms with Crippen LogP contribution in [0.25, 0.3) is 0 Å². The van der Waals surface area contributed by atoms with Crippen LogP contribution in [0.3, 0.4) is 0 Å². The van der Waals surface area contributed by atoms with E-state index in [1.165, 1.54) is 6.07 Å². The van der Waals surface area contributed by atoms with Gasteiger partial charge in [0.15, 0.2) is 0 Å². The first-order valence-electron chi connectivity index (χ1n) is 5.72. The molecule has 0 amide bonds. The smallest absolute Gasteiger partial charge is 0.339 e. The van der Waals surface area contributed by atoms with Crippen LogP contribution in [0, 0.1) is 18.3 Å². The predicted octanol–water partition coefficient (Wildman–Crippen LogP) is 4.12. The SMILES string of the molecule is Cc1ccc(Oc2cc(Br)ccc2C(=O)O)c(C#N)c1. The number of rotatable bonds is 3. The van der Waals surface area contributed by atoms with Crippen LogP contribution in [0.1, 0.15) is 21.5 Å². The zero-order valence-corrected chi connectivity index (χ0v) is 12.1. The molecule has 2 aromatic carbocycles. The van der Waals surface area contributed by atoms with Gasteiger partial charge < -0.3 is 9.84 Å². The lowest BCUT2D eigenvalue weighted by Gasteiger charge is -2.11. The highest BCUT2D eigenvalue weighted by Gasteiger charge is 2.14. The van der Waals surface area contributed by atoms with Gasteiger partial charge in [0.05, 0.1) is 5.56 Å². The average Bonchev–Trinajstić information content (AvgIpc) is 2.40. The van der Waals surface area contributed by atoms with Crippen LogP contribution in [-0.2, 0) is 0 Å². The Hall–Kier alpha value is -2.32. The van der Waals surface area contributed by atoms with E-state index in [0.717, 1.165) is 5.56 Å². The molecule has 0 atom stereocenters. The Balaban J connectivity index is 2.47. The molecule has 0 spiro atoms. The number of carboxylic acids is 1. The van der Waals surface area contributed by atoms with Crippen LogP contribution in [0.4, 0.5) is 0 Å². The lowest BCUT2D eigenvalue weighted by Crippen LogP contribution is -2.00. The van der Waals surface area contributed by atoms with E-state index in [1.54, 1.807) is 30.3 Å². The molecule has 0 unspecified atom stereocenters. The van der Waals surface area contributed by atoms with E-state index in [1.807, 2.05) is 13.0 Å². The summed E-state index contributed by atoms with van der Waals surface area (Å²) in [4.78, 5) is 11.2. The predicted molar refractivity (Wildman–Crippen MR) is 77.1 cm³/mol. The normalized spacial score (nSPS) is 9.85. The van der Waals surface area contributed by atoms with Gasteiger partial charge in [-0.1, -0.05) is 22.0 Å². The maximum atomic E-state index is 11.2. The van der Waals surface area contributed by atoms with Crippen molar-refractivity contribution >= 4 is 21.9 Å². The van der Waals surface area contributed by atoms with E-state index in [0.29, 0.717) is 15.8 Å². The molecule has 100 valence electrons. The zero-order valence-electron chi connectivity index (χ0n) is 10.6. The lowest BCUT2D eigenvalue weighted by atomic mass is 10.1. The minimum atomic E-state index is -1.09. The number of aromatic carboxylic acids is 1. The van der Waals surface area contributed by atoms with Gasteiger partial charge >= 0.3 is 5.97 Å². The first-order chi connectivity index (χ1) is 9.51. The van der Waals surface area contributed by atoms with Crippen molar-refractivity contribution in [1.82, 2.24) is 0 Å². The molecular formula is C15H10BrNO3. The highest BCUT2D eigenvalue weighted by molar-refractivity contribution is 9.10. The topological polar surface area (TPSA) is 70.3 Å². The summed E-state index contributed by atoms with van der Waals surface area (Å²) in [6.45, 7) is 1.87. The van der Waals surface area contributed by atoms with Crippen LogP contribution >= 0.6 is 15.9 Å². The summed E-state index contributed by atoms with van der Waals surface area (Å²) in [5.74, 6) is -0.566. The molecule has 0 saturated heterocycles. The fourth-order valence-electron chi connectivity index (χ4n) is 1.70. The molecule has 0 aliphatic carbocycles. The van der Waals surface area contributed by atoms with Gasteiger partial charge in [0, 0.05) is 4.47 Å². The van der Waals surface area contributed by atoms with Crippen molar-refractivity contribution in [3.63, 3.8) is 0 Å². The summed E-state index contributed by atoms with van der Waals surface area (Å²) in [6, 6.07) is 11.8. The average molecular weight is 332 g/mol. The fraction of sp³-hybridized carbons (Fsp3) is 0.0667. The van der Waals surface area contributed by atoms with Crippen molar-refractivity contribution in [3.8, 4) is 17.6 Å². The number of nitrogens with zero attached hydrogens (tertiary/aromatic N) is 1. The van der Waals surface area contributed by atoms with Crippen LogP contribution in [0.2, 0.25) is 0 Å². The van der Waals surface area contributed by atoms with Crippen molar-refractivity contribution < 1.29 is 14.6 Å². The second kappa shape index (κ2) is 5.76. The Morgan fingerprint density at radius 3 is 2.65 bits per heavy atom. The maximum Gasteiger partial charge on any atom is 0.339 e. The number of hydrogen-bond donors (Lipinski definition) is 1. The van der Waals surface area contributed by atoms with Gasteiger partial charge in [0.1, 0.15) is 23.1 Å². The molecule has 0 saturated carbocycles. The number of halogens is 1. The number of carbonyl (C=O) groups is 1. The Kier molecular flexibility index (Phi) is 4.06. The summed E-state index contributed by atoms with van der Waals surface area (Å²) >= 11 is 3.27. The maximum absolute atomic E-state index is 11.2. The van der Waals surface area contributed by atoms with Crippen molar-refractivity contribution in [2.75, 3.05) is 0 Å². The molecule has 2 aromatic rings. The quantitative estimate of drug-likeness (QED) is 0.918. The Morgan fingerprint density at radius 2 is 2.00 bits per heavy atom. The summed E-state index contributed by atoms with van der Waals surface area (Å²) < 4.78 is 6.29. The molecule has 0 radical (unpaired) electrons. The monoisotopic (exact) mass is 331 g/mol. The molecule has 4 nitrogen and oxygen atoms in total. The second-order valence-electron chi connectivity index (χ2n) is 4.16. The summed E-state index contributed by atoms with van der Waals surface area (Å²) in [7, 11) is 0. The lowest BCUT2D eigenvalue weighted by molar-refractivity contribution is 0.0694. The summed E-state index contributed by atoms with van der Waals surface area (Å²) in [5, 5.41) is 18.2. The van der Waals surface area contributed by atoms with E-state index in [4.69, 9.17) is 15.1 Å². The molecule has 0 fully saturated rings. The number of ether oxygens (including phenoxy) is 1. The van der Waals surface area contributed by atoms with E-state index in [2.05, 4.69) is 15.9 Å². The highest BCUT2D eigenvalue weighted by Crippen LogP contribution is 2.31. The molecule has 0 aromatic heterocycles. The van der Waals surface area contributed by atoms with Crippen LogP contribution in [0.5, 0.6) is 11.5 Å². The fourth-order valence-corrected chi connectivity index (χ4v) is 2.04. The van der Waals surface area contributed by atoms with Gasteiger partial charge in [-0.05, 0) is 42.8 Å². The molecule has 2 rings (SSSR count). The van der Waals surface area contributed by atoms with Crippen LogP contribution < -0.4 is 4.74 Å². The zero-order chi connectivity index (χ0) is 14.7. The molecule has 0 aliphatic heterocycles. The van der Waals surface area contributed by atoms with Gasteiger partial charge in [-0.3, -0.25) is 0 Å². The second-order valence-corrected chi connectivity index (χ2v) is 5.07. The minimum absolute atomic E-state index is 0.0395. The van der Waals surface area contributed by atoms with Crippen molar-refractivity contribution in [2.24, 2.45) is 0 Å². The van der Waals surface area contributed by atoms with Gasteiger partial charge in [0.2, 0.25) is 0 Å². The molecule has 5 heteroatoms. The molecular weight excluding hydrogens is 322 g/mol. The molecule has 20 heavy (non-hydrogen) atoms. The highest BCUT2D eigenvalue weighted by atomic mass is 79.9. The Bertz CT molecular complexity index is 720. The van der Waals surface area contributed by atoms with Crippen molar-refractivity contribution in [2.45, 2.75) is 6.92 Å². The van der Waals surface area contributed by atoms with Gasteiger partial charge in [-0.2, -0.15) is 5.26 Å². The third-order valence-electron chi connectivity index (χ3n) is 2.65. The molecule has 0 bridgehead atoms. The van der Waals surface area contributed by atoms with Crippen LogP contribution in [0.15, 0.2) is 40.9 Å². The number of nitriles is 1. The number of aryl methyl sites for hydroxylation is 1. The van der Waals surface area contributed by atoms with E-state index in [-0.39, 0.29) is 11.3 Å². The molecule has 1 N–H and O–H groups in total. The third-order valence-corrected chi connectivity index (χ3v) is 3.14. The van der Waals surface area contributed by atoms with Crippen LogP contribution in [-0.4, -0.2) is 11.1 Å². The Labute approximate surface area is 124 Å². The number of hydrogen-bond acceptors (Lipinski definition) is 3.